The van der Waals surface area contributed by atoms with E-state index >= 15 is 0 Å². The summed E-state index contributed by atoms with van der Waals surface area (Å²) in [6.07, 6.45) is 5.62. The lowest BCUT2D eigenvalue weighted by Crippen LogP contribution is -2.26. The molecule has 3 atom stereocenters. The van der Waals surface area contributed by atoms with Crippen molar-refractivity contribution in [1.29, 1.82) is 0 Å². The van der Waals surface area contributed by atoms with Crippen LogP contribution in [-0.2, 0) is 19.3 Å². The minimum Gasteiger partial charge on any atom is -0.395 e. The van der Waals surface area contributed by atoms with Crippen LogP contribution in [0, 0.1) is 0 Å². The van der Waals surface area contributed by atoms with Gasteiger partial charge in [-0.05, 0) is 60.8 Å². The van der Waals surface area contributed by atoms with Gasteiger partial charge in [0.15, 0.2) is 0 Å². The molecule has 0 amide bonds. The molecule has 1 fully saturated rings. The average molecular weight is 371 g/mol. The second-order valence-corrected chi connectivity index (χ2v) is 8.83. The van der Waals surface area contributed by atoms with Crippen molar-refractivity contribution in [1.82, 2.24) is 0 Å². The van der Waals surface area contributed by atoms with Gasteiger partial charge in [-0.25, -0.2) is 0 Å². The quantitative estimate of drug-likeness (QED) is 0.741. The molecule has 0 spiro atoms. The molecule has 0 aliphatic carbocycles. The predicted octanol–water partition coefficient (Wildman–Crippen LogP) is 4.71. The van der Waals surface area contributed by atoms with E-state index in [0.29, 0.717) is 6.42 Å². The second-order valence-electron chi connectivity index (χ2n) is 7.32. The Kier molecular flexibility index (Phi) is 7.18. The van der Waals surface area contributed by atoms with Crippen LogP contribution in [0.3, 0.4) is 0 Å². The van der Waals surface area contributed by atoms with E-state index in [2.05, 4.69) is 55.5 Å². The van der Waals surface area contributed by atoms with Gasteiger partial charge < -0.3 is 10.2 Å². The molecular formula is C23H30O2S. The lowest BCUT2D eigenvalue weighted by atomic mass is 9.98. The maximum absolute atomic E-state index is 10.1. The van der Waals surface area contributed by atoms with Gasteiger partial charge in [0.1, 0.15) is 0 Å². The summed E-state index contributed by atoms with van der Waals surface area (Å²) in [6.45, 7) is 2.34. The molecule has 0 saturated carbocycles. The Morgan fingerprint density at radius 1 is 0.962 bits per heavy atom. The molecule has 140 valence electrons. The molecular weight excluding hydrogens is 340 g/mol. The Hall–Kier alpha value is -1.29. The standard InChI is InChI=1S/C23H30O2S/c1-2-17-9-11-18(12-10-17)5-3-6-19-7-4-8-20(13-19)23-15-21(25)14-22(16-24)26-23/h4,7-13,21-25H,2-3,5-6,14-16H2,1H3/t21-,22-,23+/m0/s1. The van der Waals surface area contributed by atoms with Crippen molar-refractivity contribution in [3.05, 3.63) is 70.8 Å². The highest BCUT2D eigenvalue weighted by molar-refractivity contribution is 8.00. The van der Waals surface area contributed by atoms with Crippen molar-refractivity contribution in [3.63, 3.8) is 0 Å². The molecule has 2 aromatic carbocycles. The van der Waals surface area contributed by atoms with Gasteiger partial charge in [-0.3, -0.25) is 0 Å². The zero-order valence-electron chi connectivity index (χ0n) is 15.6. The topological polar surface area (TPSA) is 40.5 Å². The van der Waals surface area contributed by atoms with Crippen LogP contribution in [0.25, 0.3) is 0 Å². The number of benzene rings is 2. The number of rotatable bonds is 7. The lowest BCUT2D eigenvalue weighted by Gasteiger charge is -2.31. The maximum atomic E-state index is 10.1. The minimum atomic E-state index is -0.298. The summed E-state index contributed by atoms with van der Waals surface area (Å²) in [5.74, 6) is 0. The first-order valence-corrected chi connectivity index (χ1v) is 10.7. The first-order valence-electron chi connectivity index (χ1n) is 9.79. The van der Waals surface area contributed by atoms with E-state index in [1.807, 2.05) is 11.8 Å². The Morgan fingerprint density at radius 3 is 2.42 bits per heavy atom. The Morgan fingerprint density at radius 2 is 1.69 bits per heavy atom. The predicted molar refractivity (Wildman–Crippen MR) is 111 cm³/mol. The molecule has 0 bridgehead atoms. The smallest absolute Gasteiger partial charge is 0.0565 e. The van der Waals surface area contributed by atoms with Crippen LogP contribution >= 0.6 is 11.8 Å². The van der Waals surface area contributed by atoms with E-state index < -0.39 is 0 Å². The maximum Gasteiger partial charge on any atom is 0.0565 e. The third-order valence-corrected chi connectivity index (χ3v) is 6.79. The Bertz CT molecular complexity index is 683. The molecule has 0 radical (unpaired) electrons. The Balaban J connectivity index is 1.56. The van der Waals surface area contributed by atoms with E-state index in [1.54, 1.807) is 0 Å². The number of aliphatic hydroxyl groups is 2. The SMILES string of the molecule is CCc1ccc(CCCc2cccc([C@H]3C[C@@H](O)C[C@@H](CO)S3)c2)cc1. The first kappa shape index (κ1) is 19.5. The zero-order valence-corrected chi connectivity index (χ0v) is 16.4. The average Bonchev–Trinajstić information content (AvgIpc) is 2.68. The van der Waals surface area contributed by atoms with E-state index in [-0.39, 0.29) is 23.2 Å². The van der Waals surface area contributed by atoms with E-state index in [4.69, 9.17) is 0 Å². The number of hydrogen-bond acceptors (Lipinski definition) is 3. The van der Waals surface area contributed by atoms with Gasteiger partial charge in [0.2, 0.25) is 0 Å². The molecule has 2 N–H and O–H groups in total. The number of thioether (sulfide) groups is 1. The van der Waals surface area contributed by atoms with Gasteiger partial charge in [0.05, 0.1) is 12.7 Å². The summed E-state index contributed by atoms with van der Waals surface area (Å²) < 4.78 is 0. The van der Waals surface area contributed by atoms with Gasteiger partial charge in [-0.15, -0.1) is 11.8 Å². The Labute approximate surface area is 161 Å². The van der Waals surface area contributed by atoms with Crippen molar-refractivity contribution >= 4 is 11.8 Å². The van der Waals surface area contributed by atoms with Crippen LogP contribution in [0.4, 0.5) is 0 Å². The largest absolute Gasteiger partial charge is 0.395 e. The molecule has 1 aliphatic heterocycles. The molecule has 26 heavy (non-hydrogen) atoms. The molecule has 3 rings (SSSR count). The highest BCUT2D eigenvalue weighted by atomic mass is 32.2. The first-order chi connectivity index (χ1) is 12.7. The van der Waals surface area contributed by atoms with Crippen LogP contribution in [0.15, 0.2) is 48.5 Å². The van der Waals surface area contributed by atoms with Gasteiger partial charge in [-0.1, -0.05) is 55.5 Å². The highest BCUT2D eigenvalue weighted by Crippen LogP contribution is 2.42. The van der Waals surface area contributed by atoms with Crippen LogP contribution in [0.5, 0.6) is 0 Å². The summed E-state index contributed by atoms with van der Waals surface area (Å²) in [7, 11) is 0. The van der Waals surface area contributed by atoms with Crippen LogP contribution in [-0.4, -0.2) is 28.2 Å². The molecule has 0 aromatic heterocycles. The van der Waals surface area contributed by atoms with Crippen LogP contribution < -0.4 is 0 Å². The normalized spacial score (nSPS) is 23.1. The van der Waals surface area contributed by atoms with Crippen molar-refractivity contribution in [2.24, 2.45) is 0 Å². The van der Waals surface area contributed by atoms with Crippen molar-refractivity contribution in [2.45, 2.75) is 62.1 Å². The summed E-state index contributed by atoms with van der Waals surface area (Å²) in [5.41, 5.74) is 5.47. The van der Waals surface area contributed by atoms with Gasteiger partial charge in [-0.2, -0.15) is 0 Å². The van der Waals surface area contributed by atoms with Crippen molar-refractivity contribution < 1.29 is 10.2 Å². The zero-order chi connectivity index (χ0) is 18.4. The lowest BCUT2D eigenvalue weighted by molar-refractivity contribution is 0.137. The van der Waals surface area contributed by atoms with E-state index in [0.717, 1.165) is 32.1 Å². The van der Waals surface area contributed by atoms with E-state index in [9.17, 15) is 10.2 Å². The number of hydrogen-bond donors (Lipinski definition) is 2. The van der Waals surface area contributed by atoms with Crippen LogP contribution in [0.2, 0.25) is 0 Å². The van der Waals surface area contributed by atoms with Crippen molar-refractivity contribution in [3.8, 4) is 0 Å². The number of aryl methyl sites for hydroxylation is 3. The molecule has 0 unspecified atom stereocenters. The molecule has 3 heteroatoms. The fourth-order valence-corrected chi connectivity index (χ4v) is 5.23. The third kappa shape index (κ3) is 5.35. The van der Waals surface area contributed by atoms with Gasteiger partial charge >= 0.3 is 0 Å². The fraction of sp³-hybridized carbons (Fsp3) is 0.478. The summed E-state index contributed by atoms with van der Waals surface area (Å²) in [5, 5.41) is 20.0. The van der Waals surface area contributed by atoms with Gasteiger partial charge in [0, 0.05) is 10.5 Å². The number of aliphatic hydroxyl groups excluding tert-OH is 2. The third-order valence-electron chi connectivity index (χ3n) is 5.27. The molecule has 2 nitrogen and oxygen atoms in total. The molecule has 2 aromatic rings. The fourth-order valence-electron chi connectivity index (χ4n) is 3.71. The van der Waals surface area contributed by atoms with Crippen LogP contribution in [0.1, 0.15) is 53.7 Å². The van der Waals surface area contributed by atoms with E-state index in [1.165, 1.54) is 22.3 Å². The summed E-state index contributed by atoms with van der Waals surface area (Å²) >= 11 is 1.81. The second kappa shape index (κ2) is 9.59. The highest BCUT2D eigenvalue weighted by Gasteiger charge is 2.28. The summed E-state index contributed by atoms with van der Waals surface area (Å²) in [6, 6.07) is 17.8. The minimum absolute atomic E-state index is 0.148. The summed E-state index contributed by atoms with van der Waals surface area (Å²) in [4.78, 5) is 0. The van der Waals surface area contributed by atoms with Crippen molar-refractivity contribution in [2.75, 3.05) is 6.61 Å². The molecule has 1 saturated heterocycles. The monoisotopic (exact) mass is 370 g/mol. The molecule has 1 heterocycles. The van der Waals surface area contributed by atoms with Gasteiger partial charge in [0.25, 0.3) is 0 Å². The molecule has 1 aliphatic rings.